The fraction of sp³-hybridized carbons (Fsp3) is 0.333. The first kappa shape index (κ1) is 25.8. The zero-order valence-corrected chi connectivity index (χ0v) is 17.8. The summed E-state index contributed by atoms with van der Waals surface area (Å²) >= 11 is 0. The van der Waals surface area contributed by atoms with Crippen LogP contribution < -0.4 is 15.4 Å². The molecule has 0 aliphatic carbocycles. The van der Waals surface area contributed by atoms with Crippen molar-refractivity contribution in [1.82, 2.24) is 10.6 Å². The first-order chi connectivity index (χ1) is 15.4. The highest BCUT2D eigenvalue weighted by atomic mass is 19.2. The Morgan fingerprint density at radius 3 is 1.91 bits per heavy atom. The van der Waals surface area contributed by atoms with Crippen molar-refractivity contribution in [3.8, 4) is 5.75 Å². The van der Waals surface area contributed by atoms with E-state index in [1.165, 1.54) is 0 Å². The van der Waals surface area contributed by atoms with E-state index in [2.05, 4.69) is 10.1 Å². The van der Waals surface area contributed by atoms with Gasteiger partial charge in [0, 0.05) is 0 Å². The molecule has 0 radical (unpaired) electrons. The highest BCUT2D eigenvalue weighted by Crippen LogP contribution is 2.29. The van der Waals surface area contributed by atoms with Crippen LogP contribution in [0.3, 0.4) is 0 Å². The molecule has 0 fully saturated rings. The molecule has 0 bridgehead atoms. The number of benzene rings is 2. The van der Waals surface area contributed by atoms with Gasteiger partial charge < -0.3 is 14.2 Å². The second-order valence-corrected chi connectivity index (χ2v) is 7.63. The van der Waals surface area contributed by atoms with Crippen LogP contribution >= 0.6 is 0 Å². The zero-order chi connectivity index (χ0) is 24.8. The molecule has 0 heterocycles. The van der Waals surface area contributed by atoms with Crippen molar-refractivity contribution in [1.29, 1.82) is 0 Å². The van der Waals surface area contributed by atoms with E-state index < -0.39 is 58.8 Å². The quantitative estimate of drug-likeness (QED) is 0.265. The van der Waals surface area contributed by atoms with Gasteiger partial charge in [-0.05, 0) is 26.3 Å². The second kappa shape index (κ2) is 10.9. The van der Waals surface area contributed by atoms with Gasteiger partial charge in [-0.25, -0.2) is 22.8 Å². The number of nitrogens with one attached hydrogen (secondary N) is 2. The number of amides is 2. The normalized spacial score (nSPS) is 12.1. The van der Waals surface area contributed by atoms with Crippen molar-refractivity contribution in [2.24, 2.45) is 0 Å². The molecule has 0 aliphatic heterocycles. The van der Waals surface area contributed by atoms with Crippen molar-refractivity contribution in [3.05, 3.63) is 65.0 Å². The van der Waals surface area contributed by atoms with Crippen LogP contribution in [0, 0.1) is 29.1 Å². The predicted octanol–water partition coefficient (Wildman–Crippen LogP) is 4.54. The van der Waals surface area contributed by atoms with E-state index in [1.807, 2.05) is 5.32 Å². The van der Waals surface area contributed by atoms with E-state index in [1.54, 1.807) is 51.1 Å². The van der Waals surface area contributed by atoms with Crippen LogP contribution in [0.25, 0.3) is 0 Å². The maximum absolute atomic E-state index is 13.7. The van der Waals surface area contributed by atoms with Gasteiger partial charge in [0.05, 0.1) is 13.2 Å². The Kier molecular flexibility index (Phi) is 8.57. The number of carbonyl (C=O) groups excluding carboxylic acids is 2. The lowest BCUT2D eigenvalue weighted by molar-refractivity contribution is 0.0403. The van der Waals surface area contributed by atoms with Crippen LogP contribution in [0.2, 0.25) is 0 Å². The Morgan fingerprint density at radius 2 is 1.36 bits per heavy atom. The summed E-state index contributed by atoms with van der Waals surface area (Å²) in [5.41, 5.74) is -0.132. The first-order valence-electron chi connectivity index (χ1n) is 9.50. The molecule has 2 aromatic rings. The fourth-order valence-corrected chi connectivity index (χ4v) is 2.38. The van der Waals surface area contributed by atoms with Crippen molar-refractivity contribution in [3.63, 3.8) is 0 Å². The minimum Gasteiger partial charge on any atom is -0.444 e. The first-order valence-corrected chi connectivity index (χ1v) is 9.50. The lowest BCUT2D eigenvalue weighted by Gasteiger charge is -2.24. The number of rotatable bonds is 7. The van der Waals surface area contributed by atoms with Crippen LogP contribution in [-0.4, -0.2) is 30.6 Å². The molecule has 1 atom stereocenters. The molecule has 12 heteroatoms. The number of alkyl carbamates (subject to hydrolysis) is 1. The van der Waals surface area contributed by atoms with Crippen LogP contribution in [-0.2, 0) is 16.1 Å². The van der Waals surface area contributed by atoms with Gasteiger partial charge in [0.1, 0.15) is 11.8 Å². The summed E-state index contributed by atoms with van der Waals surface area (Å²) in [6.07, 6.45) is -3.95. The molecule has 2 rings (SSSR count). The maximum Gasteiger partial charge on any atom is 0.414 e. The van der Waals surface area contributed by atoms with Gasteiger partial charge in [0.2, 0.25) is 34.8 Å². The summed E-state index contributed by atoms with van der Waals surface area (Å²) < 4.78 is 82.0. The number of hydrogen-bond acceptors (Lipinski definition) is 5. The maximum atomic E-state index is 13.7. The Bertz CT molecular complexity index is 970. The third-order valence-corrected chi connectivity index (χ3v) is 3.74. The van der Waals surface area contributed by atoms with Gasteiger partial charge in [0.25, 0.3) is 0 Å². The average molecular weight is 476 g/mol. The third kappa shape index (κ3) is 7.59. The van der Waals surface area contributed by atoms with E-state index in [0.29, 0.717) is 0 Å². The molecular formula is C21H21F5N2O5. The highest BCUT2D eigenvalue weighted by Gasteiger charge is 2.29. The Hall–Kier alpha value is -3.41. The molecular weight excluding hydrogens is 455 g/mol. The number of halogens is 5. The third-order valence-electron chi connectivity index (χ3n) is 3.74. The molecule has 0 saturated heterocycles. The van der Waals surface area contributed by atoms with E-state index >= 15 is 0 Å². The van der Waals surface area contributed by atoms with Gasteiger partial charge in [-0.2, -0.15) is 8.78 Å². The summed E-state index contributed by atoms with van der Waals surface area (Å²) in [5.74, 6) is -13.4. The molecule has 0 aliphatic rings. The second-order valence-electron chi connectivity index (χ2n) is 7.63. The molecule has 0 saturated carbocycles. The van der Waals surface area contributed by atoms with E-state index in [-0.39, 0.29) is 13.2 Å². The molecule has 2 aromatic carbocycles. The lowest BCUT2D eigenvalue weighted by atomic mass is 10.2. The molecule has 2 amide bonds. The summed E-state index contributed by atoms with van der Waals surface area (Å²) in [5, 5.41) is 4.25. The minimum absolute atomic E-state index is 0.0711. The van der Waals surface area contributed by atoms with Crippen LogP contribution in [0.1, 0.15) is 26.3 Å². The zero-order valence-electron chi connectivity index (χ0n) is 17.8. The topological polar surface area (TPSA) is 85.9 Å². The van der Waals surface area contributed by atoms with Crippen molar-refractivity contribution in [2.45, 2.75) is 39.1 Å². The molecule has 180 valence electrons. The summed E-state index contributed by atoms with van der Waals surface area (Å²) in [7, 11) is 0. The SMILES string of the molecule is CC(C)(C)OC(=O)N[C@@H](COCc1ccccc1)NC(=O)Oc1c(F)c(F)c(F)c(F)c1F. The van der Waals surface area contributed by atoms with E-state index in [4.69, 9.17) is 9.47 Å². The number of ether oxygens (including phenoxy) is 3. The monoisotopic (exact) mass is 476 g/mol. The Morgan fingerprint density at radius 1 is 0.848 bits per heavy atom. The fourth-order valence-electron chi connectivity index (χ4n) is 2.38. The van der Waals surface area contributed by atoms with E-state index in [9.17, 15) is 31.5 Å². The average Bonchev–Trinajstić information content (AvgIpc) is 2.73. The van der Waals surface area contributed by atoms with Gasteiger partial charge in [-0.1, -0.05) is 30.3 Å². The highest BCUT2D eigenvalue weighted by molar-refractivity contribution is 5.73. The standard InChI is InChI=1S/C21H21F5N2O5/c1-21(2,3)33-20(30)28-12(10-31-9-11-7-5-4-6-8-11)27-19(29)32-18-16(25)14(23)13(22)15(24)17(18)26/h4-8,12H,9-10H2,1-3H3,(H,27,29)(H,28,30)/t12-/m0/s1. The van der Waals surface area contributed by atoms with Crippen LogP contribution in [0.5, 0.6) is 5.75 Å². The summed E-state index contributed by atoms with van der Waals surface area (Å²) in [6, 6.07) is 8.80. The molecule has 0 spiro atoms. The minimum atomic E-state index is -2.41. The Balaban J connectivity index is 2.10. The van der Waals surface area contributed by atoms with Gasteiger partial charge in [-0.15, -0.1) is 0 Å². The molecule has 7 nitrogen and oxygen atoms in total. The summed E-state index contributed by atoms with van der Waals surface area (Å²) in [6.45, 7) is 4.46. The Labute approximate surface area is 185 Å². The molecule has 0 aromatic heterocycles. The molecule has 33 heavy (non-hydrogen) atoms. The smallest absolute Gasteiger partial charge is 0.414 e. The molecule has 0 unspecified atom stereocenters. The largest absolute Gasteiger partial charge is 0.444 e. The summed E-state index contributed by atoms with van der Waals surface area (Å²) in [4.78, 5) is 24.1. The van der Waals surface area contributed by atoms with E-state index in [0.717, 1.165) is 5.56 Å². The van der Waals surface area contributed by atoms with Crippen LogP contribution in [0.4, 0.5) is 31.5 Å². The number of carbonyl (C=O) groups is 2. The van der Waals surface area contributed by atoms with Gasteiger partial charge in [0.15, 0.2) is 0 Å². The van der Waals surface area contributed by atoms with Crippen molar-refractivity contribution >= 4 is 12.2 Å². The van der Waals surface area contributed by atoms with Gasteiger partial charge in [-0.3, -0.25) is 10.6 Å². The predicted molar refractivity (Wildman–Crippen MR) is 105 cm³/mol. The molecule has 2 N–H and O–H groups in total. The van der Waals surface area contributed by atoms with Gasteiger partial charge >= 0.3 is 12.2 Å². The van der Waals surface area contributed by atoms with Crippen molar-refractivity contribution < 1.29 is 45.8 Å². The number of hydrogen-bond donors (Lipinski definition) is 2. The van der Waals surface area contributed by atoms with Crippen molar-refractivity contribution in [2.75, 3.05) is 6.61 Å². The van der Waals surface area contributed by atoms with Crippen LogP contribution in [0.15, 0.2) is 30.3 Å². The lowest BCUT2D eigenvalue weighted by Crippen LogP contribution is -2.52.